The fourth-order valence-electron chi connectivity index (χ4n) is 4.26. The van der Waals surface area contributed by atoms with Gasteiger partial charge in [-0.15, -0.1) is 0 Å². The Bertz CT molecular complexity index is 1130. The molecule has 0 aliphatic heterocycles. The van der Waals surface area contributed by atoms with Gasteiger partial charge >= 0.3 is 0 Å². The smallest absolute Gasteiger partial charge is 0.174 e. The molecule has 3 aromatic carbocycles. The largest absolute Gasteiger partial charge is 0.205 e. The van der Waals surface area contributed by atoms with Crippen molar-refractivity contribution in [1.82, 2.24) is 0 Å². The van der Waals surface area contributed by atoms with Crippen LogP contribution in [-0.4, -0.2) is 0 Å². The summed E-state index contributed by atoms with van der Waals surface area (Å²) in [6.07, 6.45) is 5.83. The maximum Gasteiger partial charge on any atom is 0.174 e. The standard InChI is InChI=1S/C28H25F3/c1-2-3-5-19-8-10-20(11-9-19)23-16-17-25-24(18-23)15-14-22(27(25)30)13-12-21-6-4-7-26(29)28(21)31/h4,6-11,14-15,23H,2-3,5,16-18H2,1H3. The summed E-state index contributed by atoms with van der Waals surface area (Å²) in [4.78, 5) is 0. The highest BCUT2D eigenvalue weighted by Crippen LogP contribution is 2.34. The molecule has 0 heterocycles. The molecule has 1 aliphatic rings. The number of hydrogen-bond donors (Lipinski definition) is 0. The maximum atomic E-state index is 15.1. The highest BCUT2D eigenvalue weighted by atomic mass is 19.2. The minimum absolute atomic E-state index is 0.0698. The van der Waals surface area contributed by atoms with Gasteiger partial charge in [0.1, 0.15) is 5.82 Å². The average molecular weight is 419 g/mol. The van der Waals surface area contributed by atoms with E-state index in [2.05, 4.69) is 43.0 Å². The van der Waals surface area contributed by atoms with Crippen molar-refractivity contribution in [2.45, 2.75) is 51.4 Å². The number of unbranched alkanes of at least 4 members (excludes halogenated alkanes) is 1. The van der Waals surface area contributed by atoms with Crippen LogP contribution < -0.4 is 0 Å². The summed E-state index contributed by atoms with van der Waals surface area (Å²) in [5.74, 6) is 3.33. The van der Waals surface area contributed by atoms with Gasteiger partial charge in [-0.1, -0.05) is 61.6 Å². The van der Waals surface area contributed by atoms with Gasteiger partial charge in [0.25, 0.3) is 0 Å². The molecule has 31 heavy (non-hydrogen) atoms. The van der Waals surface area contributed by atoms with Gasteiger partial charge in [-0.2, -0.15) is 0 Å². The Morgan fingerprint density at radius 1 is 0.871 bits per heavy atom. The van der Waals surface area contributed by atoms with Crippen LogP contribution in [0.4, 0.5) is 13.2 Å². The molecule has 1 atom stereocenters. The Hall–Kier alpha value is -2.99. The van der Waals surface area contributed by atoms with Crippen LogP contribution in [0.2, 0.25) is 0 Å². The third kappa shape index (κ3) is 4.69. The van der Waals surface area contributed by atoms with Crippen molar-refractivity contribution in [3.8, 4) is 11.8 Å². The van der Waals surface area contributed by atoms with E-state index in [1.165, 1.54) is 36.1 Å². The number of hydrogen-bond acceptors (Lipinski definition) is 0. The van der Waals surface area contributed by atoms with Crippen LogP contribution in [0.5, 0.6) is 0 Å². The van der Waals surface area contributed by atoms with E-state index in [4.69, 9.17) is 0 Å². The van der Waals surface area contributed by atoms with E-state index in [0.717, 1.165) is 30.9 Å². The lowest BCUT2D eigenvalue weighted by atomic mass is 9.79. The normalized spacial score (nSPS) is 15.2. The number of halogens is 3. The number of benzene rings is 3. The van der Waals surface area contributed by atoms with Crippen molar-refractivity contribution in [3.05, 3.63) is 105 Å². The minimum Gasteiger partial charge on any atom is -0.205 e. The van der Waals surface area contributed by atoms with E-state index >= 15 is 4.39 Å². The van der Waals surface area contributed by atoms with Gasteiger partial charge in [0.2, 0.25) is 0 Å². The second-order valence-corrected chi connectivity index (χ2v) is 8.20. The first-order chi connectivity index (χ1) is 15.1. The fraction of sp³-hybridized carbons (Fsp3) is 0.286. The second-order valence-electron chi connectivity index (χ2n) is 8.20. The van der Waals surface area contributed by atoms with E-state index < -0.39 is 11.6 Å². The van der Waals surface area contributed by atoms with Gasteiger partial charge in [0.15, 0.2) is 11.6 Å². The lowest BCUT2D eigenvalue weighted by Crippen LogP contribution is -2.15. The zero-order valence-electron chi connectivity index (χ0n) is 17.7. The topological polar surface area (TPSA) is 0 Å². The molecule has 158 valence electrons. The molecule has 0 N–H and O–H groups in total. The Balaban J connectivity index is 1.53. The number of rotatable bonds is 4. The molecule has 3 heteroatoms. The van der Waals surface area contributed by atoms with Gasteiger partial charge in [0.05, 0.1) is 11.1 Å². The number of aryl methyl sites for hydroxylation is 1. The zero-order chi connectivity index (χ0) is 21.8. The first-order valence-corrected chi connectivity index (χ1v) is 10.9. The van der Waals surface area contributed by atoms with Crippen LogP contribution in [0.1, 0.15) is 65.5 Å². The van der Waals surface area contributed by atoms with Crippen LogP contribution in [-0.2, 0) is 19.3 Å². The lowest BCUT2D eigenvalue weighted by molar-refractivity contribution is 0.506. The summed E-state index contributed by atoms with van der Waals surface area (Å²) in [7, 11) is 0. The molecule has 0 amide bonds. The lowest BCUT2D eigenvalue weighted by Gasteiger charge is -2.26. The molecular formula is C28H25F3. The Kier molecular flexibility index (Phi) is 6.47. The van der Waals surface area contributed by atoms with Gasteiger partial charge in [-0.05, 0) is 78.5 Å². The summed E-state index contributed by atoms with van der Waals surface area (Å²) in [5.41, 5.74) is 4.52. The molecule has 0 nitrogen and oxygen atoms in total. The highest BCUT2D eigenvalue weighted by Gasteiger charge is 2.23. The van der Waals surface area contributed by atoms with Crippen molar-refractivity contribution in [3.63, 3.8) is 0 Å². The van der Waals surface area contributed by atoms with Crippen LogP contribution >= 0.6 is 0 Å². The monoisotopic (exact) mass is 418 g/mol. The molecule has 0 fully saturated rings. The van der Waals surface area contributed by atoms with E-state index in [1.807, 2.05) is 6.07 Å². The van der Waals surface area contributed by atoms with Crippen LogP contribution in [0.15, 0.2) is 54.6 Å². The van der Waals surface area contributed by atoms with Gasteiger partial charge in [-0.3, -0.25) is 0 Å². The summed E-state index contributed by atoms with van der Waals surface area (Å²) in [6, 6.07) is 16.2. The Morgan fingerprint density at radius 3 is 2.35 bits per heavy atom. The molecule has 0 spiro atoms. The minimum atomic E-state index is -1.00. The van der Waals surface area contributed by atoms with Gasteiger partial charge < -0.3 is 0 Å². The molecule has 0 bridgehead atoms. The third-order valence-corrected chi connectivity index (χ3v) is 6.10. The molecule has 0 radical (unpaired) electrons. The predicted molar refractivity (Wildman–Crippen MR) is 119 cm³/mol. The molecule has 1 aliphatic carbocycles. The van der Waals surface area contributed by atoms with Gasteiger partial charge in [-0.25, -0.2) is 13.2 Å². The summed E-state index contributed by atoms with van der Waals surface area (Å²) >= 11 is 0. The van der Waals surface area contributed by atoms with Crippen LogP contribution in [0.3, 0.4) is 0 Å². The molecule has 3 aromatic rings. The summed E-state index contributed by atoms with van der Waals surface area (Å²) in [5, 5.41) is 0. The van der Waals surface area contributed by atoms with E-state index in [-0.39, 0.29) is 16.9 Å². The Morgan fingerprint density at radius 2 is 1.61 bits per heavy atom. The highest BCUT2D eigenvalue weighted by molar-refractivity contribution is 5.48. The first kappa shape index (κ1) is 21.2. The van der Waals surface area contributed by atoms with Crippen molar-refractivity contribution >= 4 is 0 Å². The van der Waals surface area contributed by atoms with Crippen molar-refractivity contribution in [2.75, 3.05) is 0 Å². The van der Waals surface area contributed by atoms with E-state index in [0.29, 0.717) is 17.9 Å². The second kappa shape index (κ2) is 9.43. The molecular weight excluding hydrogens is 393 g/mol. The van der Waals surface area contributed by atoms with Crippen molar-refractivity contribution in [2.24, 2.45) is 0 Å². The SMILES string of the molecule is CCCCc1ccc(C2CCc3c(ccc(C#Cc4cccc(F)c4F)c3F)C2)cc1. The molecule has 1 unspecified atom stereocenters. The van der Waals surface area contributed by atoms with Crippen molar-refractivity contribution in [1.29, 1.82) is 0 Å². The Labute approximate surface area is 182 Å². The summed E-state index contributed by atoms with van der Waals surface area (Å²) in [6.45, 7) is 2.20. The molecule has 0 aromatic heterocycles. The average Bonchev–Trinajstić information content (AvgIpc) is 2.80. The molecule has 0 saturated carbocycles. The fourth-order valence-corrected chi connectivity index (χ4v) is 4.26. The summed E-state index contributed by atoms with van der Waals surface area (Å²) < 4.78 is 42.2. The zero-order valence-corrected chi connectivity index (χ0v) is 17.7. The molecule has 4 rings (SSSR count). The maximum absolute atomic E-state index is 15.1. The molecule has 0 saturated heterocycles. The van der Waals surface area contributed by atoms with Crippen molar-refractivity contribution < 1.29 is 13.2 Å². The number of fused-ring (bicyclic) bond motifs is 1. The predicted octanol–water partition coefficient (Wildman–Crippen LogP) is 7.12. The van der Waals surface area contributed by atoms with Crippen LogP contribution in [0, 0.1) is 29.3 Å². The first-order valence-electron chi connectivity index (χ1n) is 10.9. The third-order valence-electron chi connectivity index (χ3n) is 6.10. The quantitative estimate of drug-likeness (QED) is 0.396. The van der Waals surface area contributed by atoms with E-state index in [9.17, 15) is 8.78 Å². The van der Waals surface area contributed by atoms with E-state index in [1.54, 1.807) is 6.07 Å². The van der Waals surface area contributed by atoms with Gasteiger partial charge in [0, 0.05) is 0 Å². The van der Waals surface area contributed by atoms with Crippen LogP contribution in [0.25, 0.3) is 0 Å².